The average Bonchev–Trinajstić information content (AvgIpc) is 2.74. The molecule has 1 amide bonds. The molecule has 5 heteroatoms. The van der Waals surface area contributed by atoms with E-state index in [1.54, 1.807) is 67.8 Å². The van der Waals surface area contributed by atoms with Crippen molar-refractivity contribution in [2.24, 2.45) is 0 Å². The molecule has 28 heavy (non-hydrogen) atoms. The van der Waals surface area contributed by atoms with Crippen LogP contribution in [0, 0.1) is 6.92 Å². The van der Waals surface area contributed by atoms with Crippen molar-refractivity contribution in [2.45, 2.75) is 6.92 Å². The summed E-state index contributed by atoms with van der Waals surface area (Å²) in [5, 5.41) is 2.87. The van der Waals surface area contributed by atoms with Crippen LogP contribution in [0.5, 0.6) is 11.5 Å². The van der Waals surface area contributed by atoms with Crippen LogP contribution in [0.25, 0.3) is 0 Å². The van der Waals surface area contributed by atoms with Gasteiger partial charge in [-0.05, 0) is 24.6 Å². The summed E-state index contributed by atoms with van der Waals surface area (Å²) in [4.78, 5) is 25.8. The number of carbonyl (C=O) groups excluding carboxylic acids is 2. The largest absolute Gasteiger partial charge is 0.493 e. The molecule has 3 rings (SSSR count). The van der Waals surface area contributed by atoms with Gasteiger partial charge in [0.2, 0.25) is 0 Å². The minimum absolute atomic E-state index is 0.199. The number of rotatable bonds is 6. The van der Waals surface area contributed by atoms with Crippen LogP contribution in [0.2, 0.25) is 0 Å². The molecule has 0 fully saturated rings. The number of aryl methyl sites for hydroxylation is 1. The Kier molecular flexibility index (Phi) is 5.75. The predicted octanol–water partition coefficient (Wildman–Crippen LogP) is 4.50. The number of hydrogen-bond donors (Lipinski definition) is 1. The number of nitrogens with one attached hydrogen (secondary N) is 1. The van der Waals surface area contributed by atoms with E-state index >= 15 is 0 Å². The van der Waals surface area contributed by atoms with E-state index in [9.17, 15) is 9.59 Å². The minimum Gasteiger partial charge on any atom is -0.493 e. The Morgan fingerprint density at radius 2 is 1.36 bits per heavy atom. The van der Waals surface area contributed by atoms with Crippen molar-refractivity contribution >= 4 is 17.4 Å². The lowest BCUT2D eigenvalue weighted by Gasteiger charge is -2.14. The molecule has 0 saturated carbocycles. The average molecular weight is 375 g/mol. The van der Waals surface area contributed by atoms with Gasteiger partial charge in [-0.15, -0.1) is 0 Å². The van der Waals surface area contributed by atoms with Crippen molar-refractivity contribution < 1.29 is 19.1 Å². The van der Waals surface area contributed by atoms with E-state index in [1.165, 1.54) is 7.11 Å². The van der Waals surface area contributed by atoms with Gasteiger partial charge in [0, 0.05) is 22.9 Å². The summed E-state index contributed by atoms with van der Waals surface area (Å²) in [7, 11) is 3.09. The molecule has 0 saturated heterocycles. The summed E-state index contributed by atoms with van der Waals surface area (Å²) in [5.41, 5.74) is 2.60. The van der Waals surface area contributed by atoms with E-state index in [0.29, 0.717) is 33.9 Å². The lowest BCUT2D eigenvalue weighted by molar-refractivity contribution is 0.0996. The van der Waals surface area contributed by atoms with Crippen LogP contribution in [0.1, 0.15) is 31.8 Å². The Bertz CT molecular complexity index is 1010. The Labute approximate surface area is 163 Å². The molecule has 0 atom stereocenters. The smallest absolute Gasteiger partial charge is 0.256 e. The third kappa shape index (κ3) is 3.88. The highest BCUT2D eigenvalue weighted by atomic mass is 16.5. The molecule has 0 aliphatic heterocycles. The van der Waals surface area contributed by atoms with Gasteiger partial charge in [-0.25, -0.2) is 0 Å². The number of anilines is 1. The first-order chi connectivity index (χ1) is 13.5. The summed E-state index contributed by atoms with van der Waals surface area (Å²) in [6, 6.07) is 19.2. The summed E-state index contributed by atoms with van der Waals surface area (Å²) in [6.45, 7) is 1.86. The zero-order chi connectivity index (χ0) is 20.1. The molecule has 0 aliphatic rings. The first-order valence-corrected chi connectivity index (χ1v) is 8.78. The second kappa shape index (κ2) is 8.39. The fourth-order valence-corrected chi connectivity index (χ4v) is 2.93. The van der Waals surface area contributed by atoms with Gasteiger partial charge >= 0.3 is 0 Å². The minimum atomic E-state index is -0.366. The van der Waals surface area contributed by atoms with E-state index in [0.717, 1.165) is 5.56 Å². The maximum absolute atomic E-state index is 12.9. The molecule has 1 N–H and O–H groups in total. The van der Waals surface area contributed by atoms with E-state index in [4.69, 9.17) is 9.47 Å². The third-order valence-corrected chi connectivity index (χ3v) is 4.43. The number of hydrogen-bond acceptors (Lipinski definition) is 4. The van der Waals surface area contributed by atoms with E-state index in [1.807, 2.05) is 13.0 Å². The van der Waals surface area contributed by atoms with Gasteiger partial charge in [0.1, 0.15) is 0 Å². The van der Waals surface area contributed by atoms with Crippen LogP contribution in [0.3, 0.4) is 0 Å². The van der Waals surface area contributed by atoms with Crippen molar-refractivity contribution in [2.75, 3.05) is 19.5 Å². The van der Waals surface area contributed by atoms with Crippen LogP contribution in [-0.2, 0) is 0 Å². The SMILES string of the molecule is COc1cc(C)c(NC(=O)c2ccccc2C(=O)c2ccccc2)cc1OC. The topological polar surface area (TPSA) is 64.6 Å². The Morgan fingerprint density at radius 1 is 0.786 bits per heavy atom. The maximum Gasteiger partial charge on any atom is 0.256 e. The zero-order valence-electron chi connectivity index (χ0n) is 16.0. The quantitative estimate of drug-likeness (QED) is 0.645. The van der Waals surface area contributed by atoms with Gasteiger partial charge in [-0.1, -0.05) is 48.5 Å². The molecule has 5 nitrogen and oxygen atoms in total. The Balaban J connectivity index is 1.94. The molecule has 3 aromatic rings. The molecule has 0 unspecified atom stereocenters. The number of ketones is 1. The fourth-order valence-electron chi connectivity index (χ4n) is 2.93. The van der Waals surface area contributed by atoms with Crippen LogP contribution >= 0.6 is 0 Å². The summed E-state index contributed by atoms with van der Waals surface area (Å²) in [5.74, 6) is 0.528. The second-order valence-corrected chi connectivity index (χ2v) is 6.22. The first-order valence-electron chi connectivity index (χ1n) is 8.78. The molecular weight excluding hydrogens is 354 g/mol. The number of methoxy groups -OCH3 is 2. The third-order valence-electron chi connectivity index (χ3n) is 4.43. The van der Waals surface area contributed by atoms with Crippen LogP contribution < -0.4 is 14.8 Å². The van der Waals surface area contributed by atoms with Crippen molar-refractivity contribution in [3.63, 3.8) is 0 Å². The summed E-state index contributed by atoms with van der Waals surface area (Å²) >= 11 is 0. The second-order valence-electron chi connectivity index (χ2n) is 6.22. The lowest BCUT2D eigenvalue weighted by Crippen LogP contribution is -2.17. The van der Waals surface area contributed by atoms with Gasteiger partial charge in [-0.3, -0.25) is 9.59 Å². The predicted molar refractivity (Wildman–Crippen MR) is 109 cm³/mol. The normalized spacial score (nSPS) is 10.2. The molecule has 0 radical (unpaired) electrons. The number of carbonyl (C=O) groups is 2. The maximum atomic E-state index is 12.9. The molecule has 0 heterocycles. The Hall–Kier alpha value is -3.60. The van der Waals surface area contributed by atoms with Gasteiger partial charge < -0.3 is 14.8 Å². The van der Waals surface area contributed by atoms with Crippen molar-refractivity contribution in [3.05, 3.63) is 89.0 Å². The summed E-state index contributed by atoms with van der Waals surface area (Å²) in [6.07, 6.45) is 0. The molecule has 142 valence electrons. The van der Waals surface area contributed by atoms with Crippen LogP contribution in [0.4, 0.5) is 5.69 Å². The van der Waals surface area contributed by atoms with Crippen molar-refractivity contribution in [1.82, 2.24) is 0 Å². The lowest BCUT2D eigenvalue weighted by atomic mass is 9.98. The van der Waals surface area contributed by atoms with E-state index < -0.39 is 0 Å². The molecular formula is C23H21NO4. The standard InChI is InChI=1S/C23H21NO4/c1-15-13-20(27-2)21(28-3)14-19(15)24-23(26)18-12-8-7-11-17(18)22(25)16-9-5-4-6-10-16/h4-14H,1-3H3,(H,24,26). The van der Waals surface area contributed by atoms with Crippen LogP contribution in [-0.4, -0.2) is 25.9 Å². The monoisotopic (exact) mass is 375 g/mol. The fraction of sp³-hybridized carbons (Fsp3) is 0.130. The molecule has 0 aromatic heterocycles. The number of amides is 1. The summed E-state index contributed by atoms with van der Waals surface area (Å²) < 4.78 is 10.6. The number of benzene rings is 3. The molecule has 0 bridgehead atoms. The first kappa shape index (κ1) is 19.2. The van der Waals surface area contributed by atoms with Gasteiger partial charge in [0.15, 0.2) is 17.3 Å². The zero-order valence-corrected chi connectivity index (χ0v) is 16.0. The highest BCUT2D eigenvalue weighted by molar-refractivity contribution is 6.17. The highest BCUT2D eigenvalue weighted by Gasteiger charge is 2.19. The number of ether oxygens (including phenoxy) is 2. The van der Waals surface area contributed by atoms with Gasteiger partial charge in [0.05, 0.1) is 19.8 Å². The highest BCUT2D eigenvalue weighted by Crippen LogP contribution is 2.33. The molecule has 3 aromatic carbocycles. The van der Waals surface area contributed by atoms with Gasteiger partial charge in [-0.2, -0.15) is 0 Å². The van der Waals surface area contributed by atoms with Crippen molar-refractivity contribution in [3.8, 4) is 11.5 Å². The molecule has 0 spiro atoms. The van der Waals surface area contributed by atoms with E-state index in [2.05, 4.69) is 5.32 Å². The van der Waals surface area contributed by atoms with E-state index in [-0.39, 0.29) is 11.7 Å². The Morgan fingerprint density at radius 3 is 2.00 bits per heavy atom. The van der Waals surface area contributed by atoms with Crippen LogP contribution in [0.15, 0.2) is 66.7 Å². The van der Waals surface area contributed by atoms with Crippen molar-refractivity contribution in [1.29, 1.82) is 0 Å². The molecule has 0 aliphatic carbocycles. The van der Waals surface area contributed by atoms with Gasteiger partial charge in [0.25, 0.3) is 5.91 Å².